The third-order valence-corrected chi connectivity index (χ3v) is 3.26. The van der Waals surface area contributed by atoms with Gasteiger partial charge in [0.2, 0.25) is 0 Å². The summed E-state index contributed by atoms with van der Waals surface area (Å²) in [6.45, 7) is 6.10. The Bertz CT molecular complexity index is 437. The van der Waals surface area contributed by atoms with Gasteiger partial charge in [0.05, 0.1) is 6.61 Å². The van der Waals surface area contributed by atoms with E-state index in [9.17, 15) is 4.39 Å². The standard InChI is InChI=1S/C14H21FN2OS/c1-10(2)17(6-7-18-3)9-12-5-4-11(14(16)19)8-13(12)15/h4-5,8,10H,6-7,9H2,1-3H3,(H2,16,19). The lowest BCUT2D eigenvalue weighted by Crippen LogP contribution is -2.33. The number of rotatable bonds is 7. The van der Waals surface area contributed by atoms with E-state index in [1.54, 1.807) is 19.2 Å². The van der Waals surface area contributed by atoms with Gasteiger partial charge in [0.1, 0.15) is 10.8 Å². The molecule has 3 nitrogen and oxygen atoms in total. The number of nitrogens with two attached hydrogens (primary N) is 1. The molecule has 1 aromatic rings. The molecule has 19 heavy (non-hydrogen) atoms. The smallest absolute Gasteiger partial charge is 0.128 e. The maximum absolute atomic E-state index is 14.0. The molecule has 0 fully saturated rings. The third kappa shape index (κ3) is 4.86. The maximum atomic E-state index is 14.0. The number of nitrogens with zero attached hydrogens (tertiary/aromatic N) is 1. The van der Waals surface area contributed by atoms with Crippen molar-refractivity contribution in [1.29, 1.82) is 0 Å². The van der Waals surface area contributed by atoms with Gasteiger partial charge in [0.25, 0.3) is 0 Å². The van der Waals surface area contributed by atoms with Gasteiger partial charge < -0.3 is 10.5 Å². The Morgan fingerprint density at radius 2 is 2.16 bits per heavy atom. The van der Waals surface area contributed by atoms with Gasteiger partial charge in [-0.3, -0.25) is 4.90 Å². The highest BCUT2D eigenvalue weighted by molar-refractivity contribution is 7.80. The molecule has 0 saturated heterocycles. The molecular formula is C14H21FN2OS. The predicted molar refractivity (Wildman–Crippen MR) is 79.7 cm³/mol. The summed E-state index contributed by atoms with van der Waals surface area (Å²) in [6.07, 6.45) is 0. The molecule has 0 unspecified atom stereocenters. The normalized spacial score (nSPS) is 11.3. The van der Waals surface area contributed by atoms with Crippen LogP contribution in [0.4, 0.5) is 4.39 Å². The number of hydrogen-bond donors (Lipinski definition) is 1. The van der Waals surface area contributed by atoms with Gasteiger partial charge in [-0.15, -0.1) is 0 Å². The van der Waals surface area contributed by atoms with Crippen molar-refractivity contribution in [3.05, 3.63) is 35.1 Å². The Hall–Kier alpha value is -1.04. The fourth-order valence-corrected chi connectivity index (χ4v) is 1.90. The molecule has 1 aromatic carbocycles. The lowest BCUT2D eigenvalue weighted by molar-refractivity contribution is 0.124. The molecule has 5 heteroatoms. The zero-order valence-electron chi connectivity index (χ0n) is 11.6. The van der Waals surface area contributed by atoms with Gasteiger partial charge in [-0.05, 0) is 19.9 Å². The van der Waals surface area contributed by atoms with Crippen LogP contribution in [0.1, 0.15) is 25.0 Å². The quantitative estimate of drug-likeness (QED) is 0.780. The fraction of sp³-hybridized carbons (Fsp3) is 0.500. The Morgan fingerprint density at radius 1 is 1.47 bits per heavy atom. The molecule has 0 spiro atoms. The molecule has 2 N–H and O–H groups in total. The van der Waals surface area contributed by atoms with Gasteiger partial charge in [0, 0.05) is 37.4 Å². The zero-order valence-corrected chi connectivity index (χ0v) is 12.5. The van der Waals surface area contributed by atoms with E-state index in [1.807, 2.05) is 0 Å². The highest BCUT2D eigenvalue weighted by atomic mass is 32.1. The summed E-state index contributed by atoms with van der Waals surface area (Å²) in [6, 6.07) is 5.22. The third-order valence-electron chi connectivity index (χ3n) is 3.02. The lowest BCUT2D eigenvalue weighted by Gasteiger charge is -2.26. The summed E-state index contributed by atoms with van der Waals surface area (Å²) in [5, 5.41) is 0. The molecule has 0 aliphatic heterocycles. The fourth-order valence-electron chi connectivity index (χ4n) is 1.78. The summed E-state index contributed by atoms with van der Waals surface area (Å²) in [7, 11) is 1.66. The molecule has 0 heterocycles. The van der Waals surface area contributed by atoms with Crippen molar-refractivity contribution in [2.75, 3.05) is 20.3 Å². The molecule has 0 atom stereocenters. The lowest BCUT2D eigenvalue weighted by atomic mass is 10.1. The van der Waals surface area contributed by atoms with E-state index in [0.717, 1.165) is 6.54 Å². The van der Waals surface area contributed by atoms with E-state index in [4.69, 9.17) is 22.7 Å². The molecule has 0 saturated carbocycles. The minimum atomic E-state index is -0.270. The Labute approximate surface area is 119 Å². The number of hydrogen-bond acceptors (Lipinski definition) is 3. The average molecular weight is 284 g/mol. The van der Waals surface area contributed by atoms with Crippen LogP contribution in [0, 0.1) is 5.82 Å². The molecule has 1 rings (SSSR count). The van der Waals surface area contributed by atoms with Crippen molar-refractivity contribution in [1.82, 2.24) is 4.90 Å². The van der Waals surface area contributed by atoms with Crippen molar-refractivity contribution >= 4 is 17.2 Å². The van der Waals surface area contributed by atoms with Crippen LogP contribution in [-0.4, -0.2) is 36.2 Å². The largest absolute Gasteiger partial charge is 0.389 e. The van der Waals surface area contributed by atoms with E-state index in [2.05, 4.69) is 18.7 Å². The van der Waals surface area contributed by atoms with E-state index >= 15 is 0 Å². The topological polar surface area (TPSA) is 38.5 Å². The summed E-state index contributed by atoms with van der Waals surface area (Å²) in [5.41, 5.74) is 6.69. The number of thiocarbonyl (C=S) groups is 1. The van der Waals surface area contributed by atoms with Gasteiger partial charge >= 0.3 is 0 Å². The van der Waals surface area contributed by atoms with E-state index in [1.165, 1.54) is 6.07 Å². The molecule has 106 valence electrons. The average Bonchev–Trinajstić information content (AvgIpc) is 2.35. The molecule has 0 aromatic heterocycles. The number of benzene rings is 1. The van der Waals surface area contributed by atoms with Crippen LogP contribution < -0.4 is 5.73 Å². The van der Waals surface area contributed by atoms with Crippen LogP contribution in [0.25, 0.3) is 0 Å². The SMILES string of the molecule is COCCN(Cc1ccc(C(N)=S)cc1F)C(C)C. The first-order valence-electron chi connectivity index (χ1n) is 6.27. The van der Waals surface area contributed by atoms with Crippen LogP contribution in [0.5, 0.6) is 0 Å². The summed E-state index contributed by atoms with van der Waals surface area (Å²) < 4.78 is 19.1. The van der Waals surface area contributed by atoms with Crippen LogP contribution >= 0.6 is 12.2 Å². The molecule has 0 aliphatic carbocycles. The van der Waals surface area contributed by atoms with Gasteiger partial charge in [-0.25, -0.2) is 4.39 Å². The van der Waals surface area contributed by atoms with Crippen molar-refractivity contribution in [2.24, 2.45) is 5.73 Å². The van der Waals surface area contributed by atoms with Crippen molar-refractivity contribution < 1.29 is 9.13 Å². The van der Waals surface area contributed by atoms with Gasteiger partial charge in [0.15, 0.2) is 0 Å². The second kappa shape index (κ2) is 7.53. The number of halogens is 1. The Kier molecular flexibility index (Phi) is 6.34. The molecule has 0 bridgehead atoms. The minimum absolute atomic E-state index is 0.213. The molecule has 0 radical (unpaired) electrons. The first kappa shape index (κ1) is 16.0. The van der Waals surface area contributed by atoms with Crippen LogP contribution in [-0.2, 0) is 11.3 Å². The summed E-state index contributed by atoms with van der Waals surface area (Å²) in [4.78, 5) is 2.37. The maximum Gasteiger partial charge on any atom is 0.128 e. The predicted octanol–water partition coefficient (Wildman–Crippen LogP) is 2.32. The highest BCUT2D eigenvalue weighted by Gasteiger charge is 2.13. The van der Waals surface area contributed by atoms with Crippen LogP contribution in [0.3, 0.4) is 0 Å². The van der Waals surface area contributed by atoms with Gasteiger partial charge in [-0.2, -0.15) is 0 Å². The van der Waals surface area contributed by atoms with Gasteiger partial charge in [-0.1, -0.05) is 24.4 Å². The van der Waals surface area contributed by atoms with Crippen molar-refractivity contribution in [2.45, 2.75) is 26.4 Å². The van der Waals surface area contributed by atoms with Crippen molar-refractivity contribution in [3.8, 4) is 0 Å². The molecule has 0 amide bonds. The van der Waals surface area contributed by atoms with E-state index < -0.39 is 0 Å². The first-order chi connectivity index (χ1) is 8.95. The van der Waals surface area contributed by atoms with Crippen LogP contribution in [0.15, 0.2) is 18.2 Å². The second-order valence-corrected chi connectivity index (χ2v) is 5.17. The Morgan fingerprint density at radius 3 is 2.63 bits per heavy atom. The Balaban J connectivity index is 2.81. The second-order valence-electron chi connectivity index (χ2n) is 4.73. The monoisotopic (exact) mass is 284 g/mol. The minimum Gasteiger partial charge on any atom is -0.389 e. The number of methoxy groups -OCH3 is 1. The first-order valence-corrected chi connectivity index (χ1v) is 6.67. The highest BCUT2D eigenvalue weighted by Crippen LogP contribution is 2.14. The van der Waals surface area contributed by atoms with E-state index in [-0.39, 0.29) is 10.8 Å². The number of ether oxygens (including phenoxy) is 1. The molecule has 0 aliphatic rings. The summed E-state index contributed by atoms with van der Waals surface area (Å²) >= 11 is 4.84. The van der Waals surface area contributed by atoms with E-state index in [0.29, 0.717) is 30.3 Å². The zero-order chi connectivity index (χ0) is 14.4. The molecular weight excluding hydrogens is 263 g/mol. The van der Waals surface area contributed by atoms with Crippen molar-refractivity contribution in [3.63, 3.8) is 0 Å². The summed E-state index contributed by atoms with van der Waals surface area (Å²) in [5.74, 6) is -0.270. The van der Waals surface area contributed by atoms with Crippen LogP contribution in [0.2, 0.25) is 0 Å².